The third-order valence-electron chi connectivity index (χ3n) is 2.82. The highest BCUT2D eigenvalue weighted by Gasteiger charge is 2.44. The topological polar surface area (TPSA) is 114 Å². The van der Waals surface area contributed by atoms with Gasteiger partial charge in [0.25, 0.3) is 5.56 Å². The quantitative estimate of drug-likeness (QED) is 0.504. The molecular weight excluding hydrogens is 378 g/mol. The molecule has 106 valence electrons. The van der Waals surface area contributed by atoms with Gasteiger partial charge >= 0.3 is 5.69 Å². The molecule has 0 amide bonds. The van der Waals surface area contributed by atoms with E-state index in [-0.39, 0.29) is 3.57 Å². The minimum Gasteiger partial charge on any atom is -0.394 e. The van der Waals surface area contributed by atoms with Gasteiger partial charge in [0, 0.05) is 6.20 Å². The van der Waals surface area contributed by atoms with Gasteiger partial charge in [0.15, 0.2) is 6.23 Å². The van der Waals surface area contributed by atoms with Crippen molar-refractivity contribution in [3.63, 3.8) is 0 Å². The van der Waals surface area contributed by atoms with Gasteiger partial charge in [-0.3, -0.25) is 9.36 Å². The lowest BCUT2D eigenvalue weighted by Gasteiger charge is -2.17. The summed E-state index contributed by atoms with van der Waals surface area (Å²) in [5.74, 6) is 0. The van der Waals surface area contributed by atoms with Gasteiger partial charge in [0.2, 0.25) is 0 Å². The van der Waals surface area contributed by atoms with Gasteiger partial charge in [-0.2, -0.15) is 0 Å². The van der Waals surface area contributed by atoms with Crippen LogP contribution in [0.3, 0.4) is 0 Å². The summed E-state index contributed by atoms with van der Waals surface area (Å²) in [5, 5.41) is 28.2. The van der Waals surface area contributed by atoms with Crippen molar-refractivity contribution >= 4 is 22.6 Å². The van der Waals surface area contributed by atoms with E-state index in [1.807, 2.05) is 0 Å². The molecule has 2 rings (SSSR count). The summed E-state index contributed by atoms with van der Waals surface area (Å²) in [5.41, 5.74) is -2.45. The lowest BCUT2D eigenvalue weighted by Crippen LogP contribution is -2.42. The number of aromatic nitrogens is 2. The molecule has 19 heavy (non-hydrogen) atoms. The smallest absolute Gasteiger partial charge is 0.362 e. The Morgan fingerprint density at radius 2 is 2.00 bits per heavy atom. The zero-order chi connectivity index (χ0) is 14.3. The first kappa shape index (κ1) is 14.6. The molecule has 1 fully saturated rings. The predicted molar refractivity (Wildman–Crippen MR) is 67.2 cm³/mol. The average Bonchev–Trinajstić information content (AvgIpc) is 2.68. The Morgan fingerprint density at radius 3 is 2.53 bits per heavy atom. The fraction of sp³-hybridized carbons (Fsp3) is 0.556. The fourth-order valence-electron chi connectivity index (χ4n) is 1.81. The van der Waals surface area contributed by atoms with E-state index in [1.54, 1.807) is 0 Å². The molecule has 2 heterocycles. The van der Waals surface area contributed by atoms with Gasteiger partial charge in [-0.15, -0.1) is 0 Å². The van der Waals surface area contributed by atoms with Crippen molar-refractivity contribution in [2.24, 2.45) is 0 Å². The van der Waals surface area contributed by atoms with Crippen LogP contribution in [0.4, 0.5) is 4.48 Å². The monoisotopic (exact) mass is 388 g/mol. The lowest BCUT2D eigenvalue weighted by atomic mass is 10.1. The van der Waals surface area contributed by atoms with Gasteiger partial charge in [-0.1, -0.05) is 9.27 Å². The molecule has 1 aromatic heterocycles. The van der Waals surface area contributed by atoms with E-state index in [0.29, 0.717) is 4.57 Å². The van der Waals surface area contributed by atoms with Crippen molar-refractivity contribution in [2.75, 3.05) is 6.61 Å². The molecule has 0 aromatic carbocycles. The van der Waals surface area contributed by atoms with E-state index in [1.165, 1.54) is 22.6 Å². The number of ether oxygens (including phenoxy) is 1. The Labute approximate surface area is 118 Å². The summed E-state index contributed by atoms with van der Waals surface area (Å²) in [6.45, 7) is -0.574. The highest BCUT2D eigenvalue weighted by molar-refractivity contribution is 14.1. The van der Waals surface area contributed by atoms with Gasteiger partial charge in [0.1, 0.15) is 18.3 Å². The second kappa shape index (κ2) is 5.28. The molecule has 0 saturated carbocycles. The van der Waals surface area contributed by atoms with Crippen molar-refractivity contribution in [1.29, 1.82) is 0 Å². The second-order valence-electron chi connectivity index (χ2n) is 3.98. The van der Waals surface area contributed by atoms with Crippen molar-refractivity contribution in [3.05, 3.63) is 30.6 Å². The maximum Gasteiger partial charge on any atom is 0.362 e. The lowest BCUT2D eigenvalue weighted by molar-refractivity contribution is -0.0566. The van der Waals surface area contributed by atoms with Crippen molar-refractivity contribution in [2.45, 2.75) is 24.5 Å². The molecule has 3 N–H and O–H groups in total. The summed E-state index contributed by atoms with van der Waals surface area (Å²) in [6.07, 6.45) is -4.40. The van der Waals surface area contributed by atoms with E-state index in [4.69, 9.17) is 9.84 Å². The van der Waals surface area contributed by atoms with E-state index in [2.05, 4.69) is 0 Å². The first-order valence-corrected chi connectivity index (χ1v) is 6.28. The first-order chi connectivity index (χ1) is 8.88. The second-order valence-corrected chi connectivity index (χ2v) is 5.14. The van der Waals surface area contributed by atoms with Gasteiger partial charge < -0.3 is 20.1 Å². The average molecular weight is 388 g/mol. The predicted octanol–water partition coefficient (Wildman–Crippen LogP) is -2.04. The Morgan fingerprint density at radius 1 is 1.37 bits per heavy atom. The Hall–Kier alpha value is -0.820. The number of aliphatic hydroxyl groups is 3. The minimum absolute atomic E-state index is 0.0996. The van der Waals surface area contributed by atoms with Crippen LogP contribution >= 0.6 is 22.6 Å². The van der Waals surface area contributed by atoms with E-state index >= 15 is 0 Å². The van der Waals surface area contributed by atoms with Crippen LogP contribution in [0.2, 0.25) is 0 Å². The third kappa shape index (κ3) is 2.33. The largest absolute Gasteiger partial charge is 0.394 e. The summed E-state index contributed by atoms with van der Waals surface area (Å²) in [6, 6.07) is 0. The summed E-state index contributed by atoms with van der Waals surface area (Å²) >= 11 is 1.52. The Bertz CT molecular complexity index is 601. The first-order valence-electron chi connectivity index (χ1n) is 5.20. The van der Waals surface area contributed by atoms with Crippen LogP contribution in [0.25, 0.3) is 0 Å². The van der Waals surface area contributed by atoms with E-state index < -0.39 is 47.2 Å². The molecule has 1 aliphatic heterocycles. The van der Waals surface area contributed by atoms with Crippen molar-refractivity contribution < 1.29 is 24.5 Å². The number of hydrogen-bond donors (Lipinski definition) is 3. The molecule has 0 bridgehead atoms. The van der Waals surface area contributed by atoms with E-state index in [9.17, 15) is 24.3 Å². The molecule has 1 unspecified atom stereocenters. The summed E-state index contributed by atoms with van der Waals surface area (Å²) in [7, 11) is 0. The molecular formula is C9H10FIN2O6. The Balaban J connectivity index is 2.50. The molecule has 10 heteroatoms. The molecule has 4 atom stereocenters. The Kier molecular flexibility index (Phi) is 4.06. The normalized spacial score (nSPS) is 30.8. The van der Waals surface area contributed by atoms with Crippen LogP contribution in [0.15, 0.2) is 15.8 Å². The molecule has 1 aliphatic rings. The molecule has 0 spiro atoms. The van der Waals surface area contributed by atoms with Gasteiger partial charge in [0.05, 0.1) is 10.2 Å². The molecule has 0 aliphatic carbocycles. The number of rotatable bonds is 2. The molecule has 8 nitrogen and oxygen atoms in total. The number of nitrogens with zero attached hydrogens (tertiary/aromatic N) is 2. The van der Waals surface area contributed by atoms with E-state index in [0.717, 1.165) is 6.20 Å². The SMILES string of the molecule is O=c1c(I)cn(C2O[C@H](CO)[C@@H](O)[C@@H]2O)c(=O)n1F. The summed E-state index contributed by atoms with van der Waals surface area (Å²) in [4.78, 5) is 22.2. The fourth-order valence-corrected chi connectivity index (χ4v) is 2.32. The molecule has 1 saturated heterocycles. The number of aliphatic hydroxyl groups excluding tert-OH is 3. The van der Waals surface area contributed by atoms with Crippen LogP contribution in [0.1, 0.15) is 6.23 Å². The third-order valence-corrected chi connectivity index (χ3v) is 3.56. The van der Waals surface area contributed by atoms with Crippen LogP contribution in [0.5, 0.6) is 0 Å². The minimum atomic E-state index is -1.52. The van der Waals surface area contributed by atoms with Crippen molar-refractivity contribution in [1.82, 2.24) is 9.36 Å². The molecule has 1 aromatic rings. The van der Waals surface area contributed by atoms with Gasteiger partial charge in [-0.05, 0) is 22.6 Å². The van der Waals surface area contributed by atoms with Crippen LogP contribution < -0.4 is 11.2 Å². The number of halogens is 2. The highest BCUT2D eigenvalue weighted by atomic mass is 127. The highest BCUT2D eigenvalue weighted by Crippen LogP contribution is 2.28. The standard InChI is InChI=1S/C9H10FIN2O6/c10-13-7(17)3(11)1-12(9(13)18)8-6(16)5(15)4(2-14)19-8/h1,4-6,8,14-16H,2H2/t4-,5-,6+,8?/m1/s1. The molecule has 0 radical (unpaired) electrons. The van der Waals surface area contributed by atoms with Gasteiger partial charge in [-0.25, -0.2) is 4.79 Å². The zero-order valence-corrected chi connectivity index (χ0v) is 11.5. The zero-order valence-electron chi connectivity index (χ0n) is 9.31. The maximum atomic E-state index is 13.3. The number of hydrogen-bond acceptors (Lipinski definition) is 6. The van der Waals surface area contributed by atoms with Crippen LogP contribution in [-0.2, 0) is 4.74 Å². The maximum absolute atomic E-state index is 13.3. The summed E-state index contributed by atoms with van der Waals surface area (Å²) < 4.78 is 19.0. The van der Waals surface area contributed by atoms with Crippen molar-refractivity contribution in [3.8, 4) is 0 Å². The van der Waals surface area contributed by atoms with Crippen LogP contribution in [0, 0.1) is 3.57 Å². The van der Waals surface area contributed by atoms with Crippen LogP contribution in [-0.4, -0.2) is 49.6 Å².